The SMILES string of the molecule is CCC(CC)(CN)CN(CCC(C)C)C1CC1. The molecule has 0 heterocycles. The van der Waals surface area contributed by atoms with Crippen LogP contribution in [0.15, 0.2) is 0 Å². The van der Waals surface area contributed by atoms with Gasteiger partial charge in [0.15, 0.2) is 0 Å². The predicted molar refractivity (Wildman–Crippen MR) is 76.1 cm³/mol. The molecule has 0 saturated heterocycles. The number of hydrogen-bond acceptors (Lipinski definition) is 2. The lowest BCUT2D eigenvalue weighted by Crippen LogP contribution is -2.43. The van der Waals surface area contributed by atoms with Crippen LogP contribution in [0.25, 0.3) is 0 Å². The highest BCUT2D eigenvalue weighted by molar-refractivity contribution is 4.90. The second-order valence-corrected chi connectivity index (χ2v) is 6.30. The lowest BCUT2D eigenvalue weighted by atomic mass is 9.81. The van der Waals surface area contributed by atoms with E-state index in [1.165, 1.54) is 45.2 Å². The molecule has 102 valence electrons. The van der Waals surface area contributed by atoms with Crippen molar-refractivity contribution in [3.63, 3.8) is 0 Å². The van der Waals surface area contributed by atoms with Crippen molar-refractivity contribution < 1.29 is 0 Å². The minimum absolute atomic E-state index is 0.361. The molecular weight excluding hydrogens is 208 g/mol. The van der Waals surface area contributed by atoms with Gasteiger partial charge in [0.1, 0.15) is 0 Å². The minimum Gasteiger partial charge on any atom is -0.330 e. The molecule has 1 saturated carbocycles. The van der Waals surface area contributed by atoms with Crippen molar-refractivity contribution in [2.75, 3.05) is 19.6 Å². The van der Waals surface area contributed by atoms with E-state index in [9.17, 15) is 0 Å². The molecule has 1 aliphatic rings. The van der Waals surface area contributed by atoms with E-state index in [0.717, 1.165) is 18.5 Å². The van der Waals surface area contributed by atoms with Crippen LogP contribution in [0.5, 0.6) is 0 Å². The summed E-state index contributed by atoms with van der Waals surface area (Å²) < 4.78 is 0. The van der Waals surface area contributed by atoms with Gasteiger partial charge in [-0.15, -0.1) is 0 Å². The normalized spacial score (nSPS) is 17.1. The van der Waals surface area contributed by atoms with Crippen molar-refractivity contribution in [1.82, 2.24) is 4.90 Å². The molecule has 0 aromatic carbocycles. The van der Waals surface area contributed by atoms with E-state index in [1.807, 2.05) is 0 Å². The largest absolute Gasteiger partial charge is 0.330 e. The van der Waals surface area contributed by atoms with E-state index in [4.69, 9.17) is 5.73 Å². The Hall–Kier alpha value is -0.0800. The molecule has 0 amide bonds. The summed E-state index contributed by atoms with van der Waals surface area (Å²) >= 11 is 0. The summed E-state index contributed by atoms with van der Waals surface area (Å²) in [6, 6.07) is 0.873. The molecule has 2 N–H and O–H groups in total. The van der Waals surface area contributed by atoms with Gasteiger partial charge in [-0.05, 0) is 56.5 Å². The zero-order valence-electron chi connectivity index (χ0n) is 12.3. The van der Waals surface area contributed by atoms with Crippen LogP contribution in [-0.4, -0.2) is 30.6 Å². The number of hydrogen-bond donors (Lipinski definition) is 1. The van der Waals surface area contributed by atoms with Crippen LogP contribution in [-0.2, 0) is 0 Å². The molecule has 2 nitrogen and oxygen atoms in total. The summed E-state index contributed by atoms with van der Waals surface area (Å²) in [4.78, 5) is 2.72. The molecule has 0 radical (unpaired) electrons. The average molecular weight is 240 g/mol. The highest BCUT2D eigenvalue weighted by Crippen LogP contribution is 2.33. The van der Waals surface area contributed by atoms with Gasteiger partial charge in [0.05, 0.1) is 0 Å². The van der Waals surface area contributed by atoms with Crippen LogP contribution in [0.3, 0.4) is 0 Å². The minimum atomic E-state index is 0.361. The summed E-state index contributed by atoms with van der Waals surface area (Å²) in [5.74, 6) is 0.812. The third-order valence-electron chi connectivity index (χ3n) is 4.53. The predicted octanol–water partition coefficient (Wildman–Crippen LogP) is 3.26. The van der Waals surface area contributed by atoms with E-state index in [0.29, 0.717) is 5.41 Å². The summed E-state index contributed by atoms with van der Waals surface area (Å²) in [5, 5.41) is 0. The maximum absolute atomic E-state index is 6.03. The molecule has 0 atom stereocenters. The standard InChI is InChI=1S/C15H32N2/c1-5-15(6-2,11-16)12-17(14-7-8-14)10-9-13(3)4/h13-14H,5-12,16H2,1-4H3. The molecule has 1 fully saturated rings. The first-order valence-corrected chi connectivity index (χ1v) is 7.51. The highest BCUT2D eigenvalue weighted by Gasteiger charge is 2.34. The fraction of sp³-hybridized carbons (Fsp3) is 1.00. The molecule has 0 aliphatic heterocycles. The Morgan fingerprint density at radius 2 is 1.82 bits per heavy atom. The van der Waals surface area contributed by atoms with Gasteiger partial charge in [-0.3, -0.25) is 4.90 Å². The zero-order valence-corrected chi connectivity index (χ0v) is 12.3. The molecular formula is C15H32N2. The summed E-state index contributed by atoms with van der Waals surface area (Å²) in [5.41, 5.74) is 6.39. The molecule has 17 heavy (non-hydrogen) atoms. The van der Waals surface area contributed by atoms with Gasteiger partial charge in [0, 0.05) is 12.6 Å². The van der Waals surface area contributed by atoms with Gasteiger partial charge in [0.25, 0.3) is 0 Å². The van der Waals surface area contributed by atoms with Crippen molar-refractivity contribution in [3.8, 4) is 0 Å². The summed E-state index contributed by atoms with van der Waals surface area (Å²) in [6.07, 6.45) is 6.57. The highest BCUT2D eigenvalue weighted by atomic mass is 15.2. The van der Waals surface area contributed by atoms with E-state index in [-0.39, 0.29) is 0 Å². The van der Waals surface area contributed by atoms with Crippen molar-refractivity contribution in [1.29, 1.82) is 0 Å². The molecule has 1 rings (SSSR count). The third kappa shape index (κ3) is 4.59. The fourth-order valence-corrected chi connectivity index (χ4v) is 2.51. The van der Waals surface area contributed by atoms with E-state index >= 15 is 0 Å². The smallest absolute Gasteiger partial charge is 0.00966 e. The Labute approximate surface area is 108 Å². The molecule has 2 heteroatoms. The van der Waals surface area contributed by atoms with Gasteiger partial charge < -0.3 is 5.73 Å². The second-order valence-electron chi connectivity index (χ2n) is 6.30. The van der Waals surface area contributed by atoms with Crippen LogP contribution in [0, 0.1) is 11.3 Å². The number of rotatable bonds is 9. The monoisotopic (exact) mass is 240 g/mol. The van der Waals surface area contributed by atoms with Gasteiger partial charge in [-0.25, -0.2) is 0 Å². The first kappa shape index (κ1) is 15.0. The zero-order chi connectivity index (χ0) is 12.9. The van der Waals surface area contributed by atoms with Gasteiger partial charge >= 0.3 is 0 Å². The molecule has 0 aromatic heterocycles. The van der Waals surface area contributed by atoms with Crippen LogP contribution in [0.4, 0.5) is 0 Å². The summed E-state index contributed by atoms with van der Waals surface area (Å²) in [7, 11) is 0. The van der Waals surface area contributed by atoms with E-state index < -0.39 is 0 Å². The van der Waals surface area contributed by atoms with E-state index in [2.05, 4.69) is 32.6 Å². The molecule has 0 aromatic rings. The van der Waals surface area contributed by atoms with Crippen molar-refractivity contribution >= 4 is 0 Å². The maximum Gasteiger partial charge on any atom is 0.00966 e. The second kappa shape index (κ2) is 6.75. The van der Waals surface area contributed by atoms with Gasteiger partial charge in [-0.1, -0.05) is 27.7 Å². The summed E-state index contributed by atoms with van der Waals surface area (Å²) in [6.45, 7) is 12.6. The van der Waals surface area contributed by atoms with Crippen LogP contribution in [0.2, 0.25) is 0 Å². The van der Waals surface area contributed by atoms with Crippen molar-refractivity contribution in [3.05, 3.63) is 0 Å². The Balaban J connectivity index is 2.52. The quantitative estimate of drug-likeness (QED) is 0.670. The number of nitrogens with two attached hydrogens (primary N) is 1. The average Bonchev–Trinajstić information content (AvgIpc) is 3.14. The number of nitrogens with zero attached hydrogens (tertiary/aromatic N) is 1. The Morgan fingerprint density at radius 1 is 1.24 bits per heavy atom. The Bertz CT molecular complexity index is 197. The van der Waals surface area contributed by atoms with Gasteiger partial charge in [-0.2, -0.15) is 0 Å². The topological polar surface area (TPSA) is 29.3 Å². The van der Waals surface area contributed by atoms with Crippen LogP contribution in [0.1, 0.15) is 59.8 Å². The first-order chi connectivity index (χ1) is 8.06. The van der Waals surface area contributed by atoms with Crippen LogP contribution < -0.4 is 5.73 Å². The molecule has 1 aliphatic carbocycles. The Morgan fingerprint density at radius 3 is 2.18 bits per heavy atom. The molecule has 0 spiro atoms. The third-order valence-corrected chi connectivity index (χ3v) is 4.53. The fourth-order valence-electron chi connectivity index (χ4n) is 2.51. The Kier molecular flexibility index (Phi) is 5.94. The van der Waals surface area contributed by atoms with Crippen molar-refractivity contribution in [2.24, 2.45) is 17.1 Å². The van der Waals surface area contributed by atoms with Crippen molar-refractivity contribution in [2.45, 2.75) is 65.8 Å². The van der Waals surface area contributed by atoms with E-state index in [1.54, 1.807) is 0 Å². The lowest BCUT2D eigenvalue weighted by molar-refractivity contribution is 0.132. The first-order valence-electron chi connectivity index (χ1n) is 7.51. The van der Waals surface area contributed by atoms with Crippen LogP contribution >= 0.6 is 0 Å². The maximum atomic E-state index is 6.03. The van der Waals surface area contributed by atoms with Gasteiger partial charge in [0.2, 0.25) is 0 Å². The molecule has 0 bridgehead atoms. The lowest BCUT2D eigenvalue weighted by Gasteiger charge is -2.37. The molecule has 0 unspecified atom stereocenters.